The van der Waals surface area contributed by atoms with E-state index in [4.69, 9.17) is 20.6 Å². The first-order chi connectivity index (χ1) is 12.6. The first kappa shape index (κ1) is 17.8. The predicted octanol–water partition coefficient (Wildman–Crippen LogP) is 3.73. The number of hydrogen-bond acceptors (Lipinski definition) is 5. The molecule has 134 valence electrons. The van der Waals surface area contributed by atoms with Crippen LogP contribution in [0.3, 0.4) is 0 Å². The van der Waals surface area contributed by atoms with Gasteiger partial charge in [-0.25, -0.2) is 4.98 Å². The van der Waals surface area contributed by atoms with Crippen molar-refractivity contribution in [1.29, 1.82) is 5.41 Å². The lowest BCUT2D eigenvalue weighted by atomic mass is 10.1. The lowest BCUT2D eigenvalue weighted by Crippen LogP contribution is -2.36. The molecule has 6 nitrogen and oxygen atoms in total. The van der Waals surface area contributed by atoms with Gasteiger partial charge in [0.05, 0.1) is 32.0 Å². The van der Waals surface area contributed by atoms with Gasteiger partial charge >= 0.3 is 0 Å². The molecule has 3 N–H and O–H groups in total. The summed E-state index contributed by atoms with van der Waals surface area (Å²) in [5, 5.41) is 10.6. The second kappa shape index (κ2) is 7.88. The number of anilines is 1. The van der Waals surface area contributed by atoms with Crippen molar-refractivity contribution >= 4 is 22.4 Å². The molecule has 0 amide bonds. The van der Waals surface area contributed by atoms with Crippen LogP contribution in [-0.4, -0.2) is 25.2 Å². The van der Waals surface area contributed by atoms with Gasteiger partial charge < -0.3 is 15.2 Å². The minimum absolute atomic E-state index is 0.0908. The molecular formula is C19H20N4O2S. The molecule has 3 rings (SSSR count). The Bertz CT molecular complexity index is 873. The van der Waals surface area contributed by atoms with Crippen LogP contribution >= 0.6 is 11.3 Å². The summed E-state index contributed by atoms with van der Waals surface area (Å²) in [5.41, 5.74) is 8.52. The van der Waals surface area contributed by atoms with Gasteiger partial charge in [-0.05, 0) is 12.1 Å². The number of hydrogen-bond donors (Lipinski definition) is 2. The third-order valence-corrected chi connectivity index (χ3v) is 4.79. The number of thiazole rings is 1. The van der Waals surface area contributed by atoms with Crippen molar-refractivity contribution in [2.24, 2.45) is 5.73 Å². The van der Waals surface area contributed by atoms with Crippen molar-refractivity contribution in [3.05, 3.63) is 59.5 Å². The average Bonchev–Trinajstić information content (AvgIpc) is 3.16. The van der Waals surface area contributed by atoms with Crippen LogP contribution in [-0.2, 0) is 6.54 Å². The molecule has 0 saturated heterocycles. The Morgan fingerprint density at radius 2 is 1.73 bits per heavy atom. The van der Waals surface area contributed by atoms with Crippen molar-refractivity contribution < 1.29 is 9.47 Å². The van der Waals surface area contributed by atoms with Gasteiger partial charge in [0.1, 0.15) is 11.5 Å². The van der Waals surface area contributed by atoms with E-state index in [1.54, 1.807) is 19.1 Å². The molecule has 2 aromatic carbocycles. The Balaban J connectivity index is 1.95. The fourth-order valence-electron chi connectivity index (χ4n) is 2.63. The molecule has 1 aromatic heterocycles. The largest absolute Gasteiger partial charge is 0.496 e. The number of guanidine groups is 1. The Morgan fingerprint density at radius 3 is 2.31 bits per heavy atom. The van der Waals surface area contributed by atoms with E-state index in [1.165, 1.54) is 11.3 Å². The Kier molecular flexibility index (Phi) is 5.38. The highest BCUT2D eigenvalue weighted by atomic mass is 32.1. The molecular weight excluding hydrogens is 348 g/mol. The normalized spacial score (nSPS) is 10.4. The fourth-order valence-corrected chi connectivity index (χ4v) is 3.47. The van der Waals surface area contributed by atoms with E-state index < -0.39 is 0 Å². The number of ether oxygens (including phenoxy) is 2. The number of rotatable bonds is 6. The maximum Gasteiger partial charge on any atom is 0.195 e. The molecule has 0 aliphatic heterocycles. The lowest BCUT2D eigenvalue weighted by molar-refractivity contribution is 0.385. The number of methoxy groups -OCH3 is 2. The Morgan fingerprint density at radius 1 is 1.08 bits per heavy atom. The van der Waals surface area contributed by atoms with Gasteiger partial charge in [0.2, 0.25) is 0 Å². The third-order valence-electron chi connectivity index (χ3n) is 3.93. The van der Waals surface area contributed by atoms with E-state index in [0.717, 1.165) is 16.8 Å². The quantitative estimate of drug-likeness (QED) is 0.512. The Hall–Kier alpha value is -3.06. The SMILES string of the molecule is COc1cccc(OC)c1CN(C(=N)N)c1nc(-c2ccccc2)cs1. The van der Waals surface area contributed by atoms with Crippen LogP contribution in [0.15, 0.2) is 53.9 Å². The van der Waals surface area contributed by atoms with Crippen molar-refractivity contribution in [2.75, 3.05) is 19.1 Å². The highest BCUT2D eigenvalue weighted by molar-refractivity contribution is 7.14. The summed E-state index contributed by atoms with van der Waals surface area (Å²) in [4.78, 5) is 6.29. The van der Waals surface area contributed by atoms with Crippen LogP contribution in [0, 0.1) is 5.41 Å². The zero-order valence-corrected chi connectivity index (χ0v) is 15.4. The molecule has 0 atom stereocenters. The molecule has 3 aromatic rings. The van der Waals surface area contributed by atoms with Gasteiger partial charge in [-0.1, -0.05) is 36.4 Å². The van der Waals surface area contributed by atoms with Crippen LogP contribution < -0.4 is 20.1 Å². The zero-order valence-electron chi connectivity index (χ0n) is 14.6. The minimum Gasteiger partial charge on any atom is -0.496 e. The molecule has 0 aliphatic carbocycles. The van der Waals surface area contributed by atoms with Gasteiger partial charge in [0, 0.05) is 10.9 Å². The topological polar surface area (TPSA) is 84.5 Å². The summed E-state index contributed by atoms with van der Waals surface area (Å²) in [7, 11) is 3.21. The van der Waals surface area contributed by atoms with Crippen LogP contribution in [0.1, 0.15) is 5.56 Å². The van der Waals surface area contributed by atoms with E-state index in [1.807, 2.05) is 53.9 Å². The second-order valence-electron chi connectivity index (χ2n) is 5.49. The lowest BCUT2D eigenvalue weighted by Gasteiger charge is -2.22. The zero-order chi connectivity index (χ0) is 18.5. The monoisotopic (exact) mass is 368 g/mol. The predicted molar refractivity (Wildman–Crippen MR) is 105 cm³/mol. The van der Waals surface area contributed by atoms with Gasteiger partial charge in [-0.2, -0.15) is 0 Å². The number of aromatic nitrogens is 1. The van der Waals surface area contributed by atoms with Gasteiger partial charge in [0.25, 0.3) is 0 Å². The standard InChI is InChI=1S/C19H20N4O2S/c1-24-16-9-6-10-17(25-2)14(16)11-23(18(20)21)19-22-15(12-26-19)13-7-4-3-5-8-13/h3-10,12H,11H2,1-2H3,(H3,20,21). The second-order valence-corrected chi connectivity index (χ2v) is 6.33. The van der Waals surface area contributed by atoms with Crippen molar-refractivity contribution in [2.45, 2.75) is 6.54 Å². The molecule has 7 heteroatoms. The smallest absolute Gasteiger partial charge is 0.195 e. The van der Waals surface area contributed by atoms with Gasteiger partial charge in [0.15, 0.2) is 11.1 Å². The van der Waals surface area contributed by atoms with Gasteiger partial charge in [-0.3, -0.25) is 10.3 Å². The molecule has 0 aliphatic rings. The highest BCUT2D eigenvalue weighted by Crippen LogP contribution is 2.33. The van der Waals surface area contributed by atoms with E-state index in [2.05, 4.69) is 4.98 Å². The minimum atomic E-state index is -0.0908. The highest BCUT2D eigenvalue weighted by Gasteiger charge is 2.20. The molecule has 0 bridgehead atoms. The van der Waals surface area contributed by atoms with E-state index in [0.29, 0.717) is 23.2 Å². The summed E-state index contributed by atoms with van der Waals surface area (Å²) in [5.74, 6) is 1.26. The molecule has 1 heterocycles. The third kappa shape index (κ3) is 3.62. The first-order valence-electron chi connectivity index (χ1n) is 7.96. The summed E-state index contributed by atoms with van der Waals surface area (Å²) in [6.07, 6.45) is 0. The molecule has 0 radical (unpaired) electrons. The van der Waals surface area contributed by atoms with E-state index in [9.17, 15) is 0 Å². The van der Waals surface area contributed by atoms with E-state index >= 15 is 0 Å². The van der Waals surface area contributed by atoms with Gasteiger partial charge in [-0.15, -0.1) is 11.3 Å². The number of benzene rings is 2. The number of nitrogens with two attached hydrogens (primary N) is 1. The molecule has 26 heavy (non-hydrogen) atoms. The number of nitrogens with one attached hydrogen (secondary N) is 1. The van der Waals surface area contributed by atoms with Crippen LogP contribution in [0.2, 0.25) is 0 Å². The van der Waals surface area contributed by atoms with Crippen molar-refractivity contribution in [3.8, 4) is 22.8 Å². The van der Waals surface area contributed by atoms with Crippen LogP contribution in [0.25, 0.3) is 11.3 Å². The average molecular weight is 368 g/mol. The molecule has 0 unspecified atom stereocenters. The molecule has 0 saturated carbocycles. The first-order valence-corrected chi connectivity index (χ1v) is 8.84. The Labute approximate surface area is 156 Å². The van der Waals surface area contributed by atoms with Crippen molar-refractivity contribution in [3.63, 3.8) is 0 Å². The molecule has 0 fully saturated rings. The summed E-state index contributed by atoms with van der Waals surface area (Å²) in [6, 6.07) is 15.5. The maximum absolute atomic E-state index is 8.00. The van der Waals surface area contributed by atoms with Crippen LogP contribution in [0.5, 0.6) is 11.5 Å². The summed E-state index contributed by atoms with van der Waals surface area (Å²) >= 11 is 1.44. The fraction of sp³-hybridized carbons (Fsp3) is 0.158. The summed E-state index contributed by atoms with van der Waals surface area (Å²) in [6.45, 7) is 0.324. The van der Waals surface area contributed by atoms with Crippen LogP contribution in [0.4, 0.5) is 5.13 Å². The summed E-state index contributed by atoms with van der Waals surface area (Å²) < 4.78 is 10.9. The molecule has 0 spiro atoms. The maximum atomic E-state index is 8.00. The van der Waals surface area contributed by atoms with Crippen molar-refractivity contribution in [1.82, 2.24) is 4.98 Å². The van der Waals surface area contributed by atoms with E-state index in [-0.39, 0.29) is 5.96 Å². The number of nitrogens with zero attached hydrogens (tertiary/aromatic N) is 2.